The summed E-state index contributed by atoms with van der Waals surface area (Å²) in [6.07, 6.45) is 0. The van der Waals surface area contributed by atoms with Gasteiger partial charge < -0.3 is 14.7 Å². The molecule has 3 rings (SSSR count). The molecule has 1 aliphatic heterocycles. The zero-order valence-electron chi connectivity index (χ0n) is 10.8. The molecule has 0 radical (unpaired) electrons. The average molecular weight is 322 g/mol. The van der Waals surface area contributed by atoms with Crippen LogP contribution in [0.25, 0.3) is 11.3 Å². The molecule has 2 aromatic rings. The van der Waals surface area contributed by atoms with E-state index in [0.29, 0.717) is 0 Å². The standard InChI is InChI=1S/C14H16BrN3O/c1-10-2-3-11(15)8-12(10)13-9-14(19-17-13)18-6-4-16-5-7-18/h2-3,8-9,16H,4-7H2,1H3. The molecule has 2 heterocycles. The monoisotopic (exact) mass is 321 g/mol. The fourth-order valence-corrected chi connectivity index (χ4v) is 2.66. The topological polar surface area (TPSA) is 41.3 Å². The SMILES string of the molecule is Cc1ccc(Br)cc1-c1cc(N2CCNCC2)on1. The summed E-state index contributed by atoms with van der Waals surface area (Å²) in [6.45, 7) is 6.00. The van der Waals surface area contributed by atoms with Crippen molar-refractivity contribution < 1.29 is 4.52 Å². The molecule has 0 saturated carbocycles. The minimum Gasteiger partial charge on any atom is -0.338 e. The van der Waals surface area contributed by atoms with Crippen LogP contribution in [0.4, 0.5) is 5.88 Å². The second kappa shape index (κ2) is 5.35. The number of benzene rings is 1. The highest BCUT2D eigenvalue weighted by Gasteiger charge is 2.16. The number of anilines is 1. The van der Waals surface area contributed by atoms with E-state index < -0.39 is 0 Å². The van der Waals surface area contributed by atoms with Gasteiger partial charge in [-0.15, -0.1) is 0 Å². The number of aromatic nitrogens is 1. The summed E-state index contributed by atoms with van der Waals surface area (Å²) in [7, 11) is 0. The van der Waals surface area contributed by atoms with Crippen LogP contribution in [0, 0.1) is 6.92 Å². The fourth-order valence-electron chi connectivity index (χ4n) is 2.30. The molecule has 1 saturated heterocycles. The Morgan fingerprint density at radius 3 is 2.84 bits per heavy atom. The van der Waals surface area contributed by atoms with E-state index in [9.17, 15) is 0 Å². The third-order valence-electron chi connectivity index (χ3n) is 3.40. The lowest BCUT2D eigenvalue weighted by molar-refractivity contribution is 0.409. The molecular formula is C14H16BrN3O. The van der Waals surface area contributed by atoms with E-state index in [1.54, 1.807) is 0 Å². The normalized spacial score (nSPS) is 15.8. The number of nitrogens with zero attached hydrogens (tertiary/aromatic N) is 2. The van der Waals surface area contributed by atoms with Crippen molar-refractivity contribution in [1.82, 2.24) is 10.5 Å². The largest absolute Gasteiger partial charge is 0.338 e. The van der Waals surface area contributed by atoms with Gasteiger partial charge in [-0.05, 0) is 24.6 Å². The summed E-state index contributed by atoms with van der Waals surface area (Å²) in [5.74, 6) is 0.857. The highest BCUT2D eigenvalue weighted by Crippen LogP contribution is 2.29. The van der Waals surface area contributed by atoms with Gasteiger partial charge in [0.15, 0.2) is 0 Å². The van der Waals surface area contributed by atoms with Crippen LogP contribution in [0.2, 0.25) is 0 Å². The van der Waals surface area contributed by atoms with Gasteiger partial charge in [0.05, 0.1) is 0 Å². The molecule has 1 N–H and O–H groups in total. The summed E-state index contributed by atoms with van der Waals surface area (Å²) >= 11 is 3.50. The molecule has 19 heavy (non-hydrogen) atoms. The van der Waals surface area contributed by atoms with Crippen molar-refractivity contribution in [2.75, 3.05) is 31.1 Å². The average Bonchev–Trinajstić information content (AvgIpc) is 2.92. The van der Waals surface area contributed by atoms with Crippen LogP contribution in [0.1, 0.15) is 5.56 Å². The highest BCUT2D eigenvalue weighted by atomic mass is 79.9. The third kappa shape index (κ3) is 2.67. The molecule has 0 unspecified atom stereocenters. The first kappa shape index (κ1) is 12.7. The molecule has 0 aliphatic carbocycles. The minimum atomic E-state index is 0.857. The molecular weight excluding hydrogens is 306 g/mol. The smallest absolute Gasteiger partial charge is 0.227 e. The van der Waals surface area contributed by atoms with Gasteiger partial charge in [-0.1, -0.05) is 27.2 Å². The van der Waals surface area contributed by atoms with Gasteiger partial charge in [0, 0.05) is 42.3 Å². The van der Waals surface area contributed by atoms with Gasteiger partial charge in [-0.2, -0.15) is 0 Å². The molecule has 1 fully saturated rings. The van der Waals surface area contributed by atoms with Gasteiger partial charge >= 0.3 is 0 Å². The van der Waals surface area contributed by atoms with Crippen LogP contribution in [-0.4, -0.2) is 31.3 Å². The third-order valence-corrected chi connectivity index (χ3v) is 3.90. The highest BCUT2D eigenvalue weighted by molar-refractivity contribution is 9.10. The molecule has 1 aromatic heterocycles. The number of piperazine rings is 1. The van der Waals surface area contributed by atoms with E-state index in [-0.39, 0.29) is 0 Å². The summed E-state index contributed by atoms with van der Waals surface area (Å²) in [5.41, 5.74) is 3.20. The first-order valence-corrected chi connectivity index (χ1v) is 7.22. The minimum absolute atomic E-state index is 0.857. The van der Waals surface area contributed by atoms with Crippen molar-refractivity contribution in [3.63, 3.8) is 0 Å². The van der Waals surface area contributed by atoms with E-state index in [1.165, 1.54) is 5.56 Å². The van der Waals surface area contributed by atoms with E-state index in [2.05, 4.69) is 50.4 Å². The fraction of sp³-hybridized carbons (Fsp3) is 0.357. The Morgan fingerprint density at radius 2 is 2.05 bits per heavy atom. The van der Waals surface area contributed by atoms with E-state index in [4.69, 9.17) is 4.52 Å². The number of halogens is 1. The Hall–Kier alpha value is -1.33. The lowest BCUT2D eigenvalue weighted by Crippen LogP contribution is -2.43. The number of hydrogen-bond acceptors (Lipinski definition) is 4. The predicted molar refractivity (Wildman–Crippen MR) is 79.5 cm³/mol. The van der Waals surface area contributed by atoms with E-state index in [0.717, 1.165) is 47.8 Å². The molecule has 1 aliphatic rings. The lowest BCUT2D eigenvalue weighted by atomic mass is 10.1. The molecule has 0 bridgehead atoms. The van der Waals surface area contributed by atoms with Crippen LogP contribution in [0.3, 0.4) is 0 Å². The number of nitrogens with one attached hydrogen (secondary N) is 1. The van der Waals surface area contributed by atoms with Crippen LogP contribution in [0.5, 0.6) is 0 Å². The van der Waals surface area contributed by atoms with Crippen molar-refractivity contribution in [3.8, 4) is 11.3 Å². The number of hydrogen-bond donors (Lipinski definition) is 1. The van der Waals surface area contributed by atoms with Crippen molar-refractivity contribution in [3.05, 3.63) is 34.3 Å². The maximum Gasteiger partial charge on any atom is 0.227 e. The van der Waals surface area contributed by atoms with Crippen molar-refractivity contribution in [1.29, 1.82) is 0 Å². The van der Waals surface area contributed by atoms with Crippen LogP contribution >= 0.6 is 15.9 Å². The Morgan fingerprint density at radius 1 is 1.26 bits per heavy atom. The maximum atomic E-state index is 5.49. The van der Waals surface area contributed by atoms with Crippen molar-refractivity contribution in [2.45, 2.75) is 6.92 Å². The second-order valence-corrected chi connectivity index (χ2v) is 5.66. The van der Waals surface area contributed by atoms with Gasteiger partial charge in [0.2, 0.25) is 5.88 Å². The maximum absolute atomic E-state index is 5.49. The lowest BCUT2D eigenvalue weighted by Gasteiger charge is -2.25. The van der Waals surface area contributed by atoms with Crippen LogP contribution < -0.4 is 10.2 Å². The van der Waals surface area contributed by atoms with Crippen LogP contribution in [0.15, 0.2) is 33.3 Å². The Balaban J connectivity index is 1.89. The Kier molecular flexibility index (Phi) is 3.57. The Labute approximate surface area is 120 Å². The summed E-state index contributed by atoms with van der Waals surface area (Å²) in [4.78, 5) is 2.22. The zero-order chi connectivity index (χ0) is 13.2. The summed E-state index contributed by atoms with van der Waals surface area (Å²) < 4.78 is 6.54. The summed E-state index contributed by atoms with van der Waals surface area (Å²) in [6, 6.07) is 8.23. The van der Waals surface area contributed by atoms with Gasteiger partial charge in [-0.25, -0.2) is 0 Å². The van der Waals surface area contributed by atoms with Crippen molar-refractivity contribution in [2.24, 2.45) is 0 Å². The number of rotatable bonds is 2. The molecule has 0 amide bonds. The first-order valence-electron chi connectivity index (χ1n) is 6.43. The quantitative estimate of drug-likeness (QED) is 0.923. The van der Waals surface area contributed by atoms with Crippen molar-refractivity contribution >= 4 is 21.8 Å². The van der Waals surface area contributed by atoms with Gasteiger partial charge in [0.1, 0.15) is 5.69 Å². The molecule has 1 aromatic carbocycles. The van der Waals surface area contributed by atoms with Gasteiger partial charge in [-0.3, -0.25) is 0 Å². The van der Waals surface area contributed by atoms with E-state index in [1.807, 2.05) is 12.1 Å². The van der Waals surface area contributed by atoms with Gasteiger partial charge in [0.25, 0.3) is 0 Å². The Bertz CT molecular complexity index is 576. The number of aryl methyl sites for hydroxylation is 1. The molecule has 4 nitrogen and oxygen atoms in total. The first-order chi connectivity index (χ1) is 9.24. The predicted octanol–water partition coefficient (Wildman–Crippen LogP) is 2.82. The summed E-state index contributed by atoms with van der Waals surface area (Å²) in [5, 5.41) is 7.54. The zero-order valence-corrected chi connectivity index (χ0v) is 12.4. The molecule has 0 atom stereocenters. The molecule has 0 spiro atoms. The second-order valence-electron chi connectivity index (χ2n) is 4.75. The van der Waals surface area contributed by atoms with E-state index >= 15 is 0 Å². The molecule has 100 valence electrons. The van der Waals surface area contributed by atoms with Crippen LogP contribution in [-0.2, 0) is 0 Å². The molecule has 5 heteroatoms.